The number of morpholine rings is 1. The zero-order valence-electron chi connectivity index (χ0n) is 17.0. The fourth-order valence-electron chi connectivity index (χ4n) is 3.21. The van der Waals surface area contributed by atoms with Crippen LogP contribution in [0.3, 0.4) is 0 Å². The minimum Gasteiger partial charge on any atom is -0.433 e. The second-order valence-corrected chi connectivity index (χ2v) is 7.71. The Labute approximate surface area is 187 Å². The summed E-state index contributed by atoms with van der Waals surface area (Å²) in [6, 6.07) is 15.7. The summed E-state index contributed by atoms with van der Waals surface area (Å²) in [5.41, 5.74) is 1.05. The molecular weight excluding hydrogens is 440 g/mol. The fourth-order valence-corrected chi connectivity index (χ4v) is 3.96. The van der Waals surface area contributed by atoms with Gasteiger partial charge in [-0.05, 0) is 24.3 Å². The first-order valence-corrected chi connectivity index (χ1v) is 10.9. The SMILES string of the molecule is O=C(CSc1nnc(N2CCOCC2)n1-c1ccccc1)Nc1ccccc1OC(F)F. The van der Waals surface area contributed by atoms with Crippen LogP contribution < -0.4 is 15.0 Å². The molecule has 1 amide bonds. The number of halogens is 2. The normalized spacial score (nSPS) is 13.9. The number of carbonyl (C=O) groups excluding carboxylic acids is 1. The van der Waals surface area contributed by atoms with Crippen LogP contribution in [-0.4, -0.2) is 59.3 Å². The van der Waals surface area contributed by atoms with Gasteiger partial charge in [0.2, 0.25) is 11.9 Å². The topological polar surface area (TPSA) is 81.5 Å². The highest BCUT2D eigenvalue weighted by Crippen LogP contribution is 2.29. The monoisotopic (exact) mass is 461 g/mol. The molecule has 2 aromatic carbocycles. The van der Waals surface area contributed by atoms with Gasteiger partial charge >= 0.3 is 6.61 Å². The predicted octanol–water partition coefficient (Wildman–Crippen LogP) is 3.44. The molecule has 2 heterocycles. The molecule has 0 unspecified atom stereocenters. The zero-order valence-corrected chi connectivity index (χ0v) is 17.8. The van der Waals surface area contributed by atoms with E-state index in [1.165, 1.54) is 23.9 Å². The van der Waals surface area contributed by atoms with Crippen LogP contribution in [0, 0.1) is 0 Å². The van der Waals surface area contributed by atoms with Gasteiger partial charge in [-0.1, -0.05) is 42.1 Å². The molecule has 0 atom stereocenters. The highest BCUT2D eigenvalue weighted by molar-refractivity contribution is 7.99. The maximum Gasteiger partial charge on any atom is 0.387 e. The second-order valence-electron chi connectivity index (χ2n) is 6.76. The van der Waals surface area contributed by atoms with E-state index in [-0.39, 0.29) is 23.1 Å². The lowest BCUT2D eigenvalue weighted by Gasteiger charge is -2.27. The Bertz CT molecular complexity index is 1040. The standard InChI is InChI=1S/C21H21F2N5O3S/c22-19(23)31-17-9-5-4-8-16(17)24-18(29)14-32-21-26-25-20(27-10-12-30-13-11-27)28(21)15-6-2-1-3-7-15/h1-9,19H,10-14H2,(H,24,29). The molecule has 0 saturated carbocycles. The second kappa shape index (κ2) is 10.4. The average molecular weight is 461 g/mol. The van der Waals surface area contributed by atoms with Crippen LogP contribution >= 0.6 is 11.8 Å². The molecule has 11 heteroatoms. The molecule has 0 spiro atoms. The summed E-state index contributed by atoms with van der Waals surface area (Å²) in [5, 5.41) is 11.8. The Morgan fingerprint density at radius 1 is 1.09 bits per heavy atom. The van der Waals surface area contributed by atoms with Gasteiger partial charge in [-0.2, -0.15) is 8.78 Å². The van der Waals surface area contributed by atoms with Crippen molar-refractivity contribution < 1.29 is 23.0 Å². The first kappa shape index (κ1) is 22.0. The van der Waals surface area contributed by atoms with Crippen molar-refractivity contribution in [3.8, 4) is 11.4 Å². The molecule has 1 saturated heterocycles. The van der Waals surface area contributed by atoms with Gasteiger partial charge in [0.05, 0.1) is 30.3 Å². The molecule has 1 aliphatic rings. The lowest BCUT2D eigenvalue weighted by Crippen LogP contribution is -2.37. The number of nitrogens with one attached hydrogen (secondary N) is 1. The summed E-state index contributed by atoms with van der Waals surface area (Å²) in [6.45, 7) is -0.390. The largest absolute Gasteiger partial charge is 0.433 e. The van der Waals surface area contributed by atoms with E-state index >= 15 is 0 Å². The number of hydrogen-bond acceptors (Lipinski definition) is 7. The van der Waals surface area contributed by atoms with Gasteiger partial charge in [0.15, 0.2) is 5.16 Å². The van der Waals surface area contributed by atoms with Crippen LogP contribution in [0.25, 0.3) is 5.69 Å². The summed E-state index contributed by atoms with van der Waals surface area (Å²) in [6.07, 6.45) is 0. The Morgan fingerprint density at radius 3 is 2.56 bits per heavy atom. The highest BCUT2D eigenvalue weighted by Gasteiger charge is 2.22. The minimum absolute atomic E-state index is 0.0110. The van der Waals surface area contributed by atoms with Gasteiger partial charge in [-0.3, -0.25) is 9.36 Å². The number of benzene rings is 2. The van der Waals surface area contributed by atoms with E-state index in [1.807, 2.05) is 34.9 Å². The molecule has 0 bridgehead atoms. The zero-order chi connectivity index (χ0) is 22.3. The van der Waals surface area contributed by atoms with Gasteiger partial charge in [-0.15, -0.1) is 10.2 Å². The number of anilines is 2. The van der Waals surface area contributed by atoms with E-state index < -0.39 is 6.61 Å². The Kier molecular flexibility index (Phi) is 7.17. The first-order valence-electron chi connectivity index (χ1n) is 9.92. The van der Waals surface area contributed by atoms with Gasteiger partial charge in [-0.25, -0.2) is 0 Å². The number of thioether (sulfide) groups is 1. The summed E-state index contributed by atoms with van der Waals surface area (Å²) in [5.74, 6) is 0.216. The van der Waals surface area contributed by atoms with Gasteiger partial charge in [0, 0.05) is 13.1 Å². The van der Waals surface area contributed by atoms with E-state index in [4.69, 9.17) is 4.74 Å². The van der Waals surface area contributed by atoms with Crippen molar-refractivity contribution in [1.82, 2.24) is 14.8 Å². The number of aromatic nitrogens is 3. The Morgan fingerprint density at radius 2 is 1.81 bits per heavy atom. The summed E-state index contributed by atoms with van der Waals surface area (Å²) in [4.78, 5) is 14.6. The number of alkyl halides is 2. The summed E-state index contributed by atoms with van der Waals surface area (Å²) >= 11 is 1.20. The maximum absolute atomic E-state index is 12.6. The summed E-state index contributed by atoms with van der Waals surface area (Å²) in [7, 11) is 0. The summed E-state index contributed by atoms with van der Waals surface area (Å²) < 4.78 is 37.0. The van der Waals surface area contributed by atoms with Crippen molar-refractivity contribution in [2.75, 3.05) is 42.3 Å². The van der Waals surface area contributed by atoms with Crippen LogP contribution in [0.4, 0.5) is 20.4 Å². The van der Waals surface area contributed by atoms with Crippen LogP contribution in [0.2, 0.25) is 0 Å². The number of amides is 1. The smallest absolute Gasteiger partial charge is 0.387 e. The lowest BCUT2D eigenvalue weighted by atomic mass is 10.3. The van der Waals surface area contributed by atoms with Gasteiger partial charge in [0.25, 0.3) is 0 Å². The van der Waals surface area contributed by atoms with Crippen LogP contribution in [0.5, 0.6) is 5.75 Å². The fraction of sp³-hybridized carbons (Fsp3) is 0.286. The van der Waals surface area contributed by atoms with E-state index in [0.29, 0.717) is 37.4 Å². The number of rotatable bonds is 8. The molecule has 1 aliphatic heterocycles. The molecule has 0 radical (unpaired) electrons. The van der Waals surface area contributed by atoms with Crippen molar-refractivity contribution >= 4 is 29.3 Å². The molecular formula is C21H21F2N5O3S. The molecule has 0 aliphatic carbocycles. The quantitative estimate of drug-likeness (QED) is 0.515. The van der Waals surface area contributed by atoms with Crippen LogP contribution in [0.1, 0.15) is 0 Å². The average Bonchev–Trinajstić information content (AvgIpc) is 3.24. The van der Waals surface area contributed by atoms with E-state index in [1.54, 1.807) is 12.1 Å². The highest BCUT2D eigenvalue weighted by atomic mass is 32.2. The van der Waals surface area contributed by atoms with E-state index in [2.05, 4.69) is 25.2 Å². The molecule has 3 aromatic rings. The lowest BCUT2D eigenvalue weighted by molar-refractivity contribution is -0.113. The third-order valence-corrected chi connectivity index (χ3v) is 5.56. The van der Waals surface area contributed by atoms with Crippen LogP contribution in [0.15, 0.2) is 59.8 Å². The maximum atomic E-state index is 12.6. The third kappa shape index (κ3) is 5.35. The van der Waals surface area contributed by atoms with Crippen LogP contribution in [-0.2, 0) is 9.53 Å². The van der Waals surface area contributed by atoms with Crippen molar-refractivity contribution in [3.63, 3.8) is 0 Å². The van der Waals surface area contributed by atoms with Crippen molar-refractivity contribution in [2.24, 2.45) is 0 Å². The minimum atomic E-state index is -2.98. The molecule has 1 fully saturated rings. The molecule has 4 rings (SSSR count). The van der Waals surface area contributed by atoms with Crippen molar-refractivity contribution in [1.29, 1.82) is 0 Å². The number of carbonyl (C=O) groups is 1. The predicted molar refractivity (Wildman–Crippen MR) is 117 cm³/mol. The number of hydrogen-bond donors (Lipinski definition) is 1. The van der Waals surface area contributed by atoms with Gasteiger partial charge < -0.3 is 19.7 Å². The molecule has 8 nitrogen and oxygen atoms in total. The number of para-hydroxylation sites is 3. The van der Waals surface area contributed by atoms with Gasteiger partial charge in [0.1, 0.15) is 5.75 Å². The molecule has 1 N–H and O–H groups in total. The van der Waals surface area contributed by atoms with E-state index in [9.17, 15) is 13.6 Å². The number of ether oxygens (including phenoxy) is 2. The molecule has 32 heavy (non-hydrogen) atoms. The Hall–Kier alpha value is -3.18. The molecule has 168 valence electrons. The van der Waals surface area contributed by atoms with Crippen molar-refractivity contribution in [3.05, 3.63) is 54.6 Å². The molecule has 1 aromatic heterocycles. The number of nitrogens with zero attached hydrogens (tertiary/aromatic N) is 4. The Balaban J connectivity index is 1.50. The first-order chi connectivity index (χ1) is 15.6. The third-order valence-electron chi connectivity index (χ3n) is 4.63. The van der Waals surface area contributed by atoms with E-state index in [0.717, 1.165) is 5.69 Å². The van der Waals surface area contributed by atoms with Crippen molar-refractivity contribution in [2.45, 2.75) is 11.8 Å².